The first-order valence-electron chi connectivity index (χ1n) is 20.2. The van der Waals surface area contributed by atoms with Crippen molar-refractivity contribution >= 4 is 86.4 Å². The van der Waals surface area contributed by atoms with Gasteiger partial charge in [0.1, 0.15) is 0 Å². The average Bonchev–Trinajstić information content (AvgIpc) is 3.72. The molecule has 0 N–H and O–H groups in total. The standard InChI is InChI=1S/C55H35N3/c1-55(2)46-22-12-11-21-44(46)51-52(36-25-26-38-35(29-36)24-23-32-13-5-6-16-37(32)38)56-54(57-53(51)55)58-47-28-27-43-41-19-8-7-17-39(41)40-18-9-10-20-42(40)49(43)50(47)45-30-33-14-3-4-15-34(33)31-48(45)58/h3-31H,1-2H3. The van der Waals surface area contributed by atoms with Gasteiger partial charge in [0.05, 0.1) is 22.4 Å². The van der Waals surface area contributed by atoms with Gasteiger partial charge < -0.3 is 0 Å². The van der Waals surface area contributed by atoms with Crippen LogP contribution < -0.4 is 0 Å². The van der Waals surface area contributed by atoms with Crippen molar-refractivity contribution in [3.05, 3.63) is 187 Å². The summed E-state index contributed by atoms with van der Waals surface area (Å²) in [6.07, 6.45) is 0. The summed E-state index contributed by atoms with van der Waals surface area (Å²) in [7, 11) is 0. The van der Waals surface area contributed by atoms with Crippen LogP contribution in [0.2, 0.25) is 0 Å². The molecule has 0 radical (unpaired) electrons. The number of hydrogen-bond acceptors (Lipinski definition) is 2. The molecular formula is C55H35N3. The van der Waals surface area contributed by atoms with E-state index in [0.29, 0.717) is 5.95 Å². The van der Waals surface area contributed by atoms with Gasteiger partial charge in [-0.2, -0.15) is 0 Å². The van der Waals surface area contributed by atoms with Gasteiger partial charge in [-0.05, 0) is 94.6 Å². The van der Waals surface area contributed by atoms with Gasteiger partial charge in [0.2, 0.25) is 5.95 Å². The Labute approximate surface area is 334 Å². The Bertz CT molecular complexity index is 3740. The van der Waals surface area contributed by atoms with Crippen LogP contribution in [0.4, 0.5) is 0 Å². The second-order valence-corrected chi connectivity index (χ2v) is 16.5. The van der Waals surface area contributed by atoms with Gasteiger partial charge in [0, 0.05) is 32.7 Å². The SMILES string of the molecule is CC1(C)c2ccccc2-c2c(-c3ccc4c(ccc5ccccc54)c3)nc(-n3c4cc5ccccc5cc4c4c5c6ccccc6c6ccccc6c5ccc43)nc21. The summed E-state index contributed by atoms with van der Waals surface area (Å²) in [5, 5.41) is 17.4. The molecule has 2 heterocycles. The van der Waals surface area contributed by atoms with Crippen LogP contribution in [-0.2, 0) is 5.41 Å². The maximum atomic E-state index is 5.72. The molecule has 0 saturated carbocycles. The summed E-state index contributed by atoms with van der Waals surface area (Å²) in [4.78, 5) is 11.4. The molecule has 2 aromatic heterocycles. The third-order valence-electron chi connectivity index (χ3n) is 13.1. The fourth-order valence-corrected chi connectivity index (χ4v) is 10.4. The number of nitrogens with zero attached hydrogens (tertiary/aromatic N) is 3. The van der Waals surface area contributed by atoms with E-state index in [0.717, 1.165) is 33.5 Å². The lowest BCUT2D eigenvalue weighted by atomic mass is 9.85. The molecule has 0 spiro atoms. The lowest BCUT2D eigenvalue weighted by Crippen LogP contribution is -2.18. The van der Waals surface area contributed by atoms with Crippen molar-refractivity contribution in [3.63, 3.8) is 0 Å². The van der Waals surface area contributed by atoms with E-state index in [4.69, 9.17) is 9.97 Å². The Balaban J connectivity index is 1.19. The van der Waals surface area contributed by atoms with E-state index >= 15 is 0 Å². The zero-order chi connectivity index (χ0) is 38.3. The minimum atomic E-state index is -0.335. The second kappa shape index (κ2) is 11.4. The average molecular weight is 738 g/mol. The Morgan fingerprint density at radius 3 is 1.79 bits per heavy atom. The molecule has 3 heteroatoms. The summed E-state index contributed by atoms with van der Waals surface area (Å²) < 4.78 is 2.35. The molecular weight excluding hydrogens is 703 g/mol. The molecule has 1 aliphatic rings. The maximum Gasteiger partial charge on any atom is 0.235 e. The van der Waals surface area contributed by atoms with Crippen LogP contribution in [0.1, 0.15) is 25.1 Å². The largest absolute Gasteiger partial charge is 0.278 e. The second-order valence-electron chi connectivity index (χ2n) is 16.5. The minimum Gasteiger partial charge on any atom is -0.278 e. The van der Waals surface area contributed by atoms with Crippen molar-refractivity contribution in [1.29, 1.82) is 0 Å². The van der Waals surface area contributed by atoms with Crippen LogP contribution in [0, 0.1) is 0 Å². The summed E-state index contributed by atoms with van der Waals surface area (Å²) in [5.74, 6) is 0.688. The van der Waals surface area contributed by atoms with Crippen molar-refractivity contribution in [2.45, 2.75) is 19.3 Å². The number of rotatable bonds is 2. The Morgan fingerprint density at radius 1 is 0.414 bits per heavy atom. The Hall–Kier alpha value is -7.36. The van der Waals surface area contributed by atoms with Crippen LogP contribution >= 0.6 is 0 Å². The van der Waals surface area contributed by atoms with Gasteiger partial charge in [0.15, 0.2) is 0 Å². The summed E-state index contributed by atoms with van der Waals surface area (Å²) in [6, 6.07) is 64.6. The summed E-state index contributed by atoms with van der Waals surface area (Å²) in [5.41, 5.74) is 8.58. The van der Waals surface area contributed by atoms with Gasteiger partial charge in [0.25, 0.3) is 0 Å². The van der Waals surface area contributed by atoms with Crippen molar-refractivity contribution in [1.82, 2.24) is 14.5 Å². The minimum absolute atomic E-state index is 0.335. The molecule has 0 amide bonds. The number of fused-ring (bicyclic) bond motifs is 17. The quantitative estimate of drug-likeness (QED) is 0.165. The van der Waals surface area contributed by atoms with Gasteiger partial charge in [-0.25, -0.2) is 9.97 Å². The summed E-state index contributed by atoms with van der Waals surface area (Å²) >= 11 is 0. The highest BCUT2D eigenvalue weighted by atomic mass is 15.2. The molecule has 270 valence electrons. The van der Waals surface area contributed by atoms with E-state index in [9.17, 15) is 0 Å². The maximum absolute atomic E-state index is 5.72. The van der Waals surface area contributed by atoms with Crippen LogP contribution in [-0.4, -0.2) is 14.5 Å². The third kappa shape index (κ3) is 4.17. The highest BCUT2D eigenvalue weighted by Crippen LogP contribution is 2.52. The van der Waals surface area contributed by atoms with Crippen molar-refractivity contribution in [2.75, 3.05) is 0 Å². The Morgan fingerprint density at radius 2 is 1.00 bits per heavy atom. The normalized spacial score (nSPS) is 13.5. The van der Waals surface area contributed by atoms with Crippen molar-refractivity contribution < 1.29 is 0 Å². The highest BCUT2D eigenvalue weighted by molar-refractivity contribution is 6.35. The molecule has 1 aliphatic carbocycles. The van der Waals surface area contributed by atoms with E-state index in [2.05, 4.69) is 194 Å². The van der Waals surface area contributed by atoms with Crippen molar-refractivity contribution in [2.24, 2.45) is 0 Å². The smallest absolute Gasteiger partial charge is 0.235 e. The first kappa shape index (κ1) is 31.8. The first-order valence-corrected chi connectivity index (χ1v) is 20.2. The number of hydrogen-bond donors (Lipinski definition) is 0. The van der Waals surface area contributed by atoms with Crippen LogP contribution in [0.5, 0.6) is 0 Å². The fraction of sp³-hybridized carbons (Fsp3) is 0.0545. The van der Waals surface area contributed by atoms with Gasteiger partial charge >= 0.3 is 0 Å². The van der Waals surface area contributed by atoms with Gasteiger partial charge in [-0.1, -0.05) is 166 Å². The molecule has 13 rings (SSSR count). The first-order chi connectivity index (χ1) is 28.5. The monoisotopic (exact) mass is 737 g/mol. The lowest BCUT2D eigenvalue weighted by Gasteiger charge is -2.21. The fourth-order valence-electron chi connectivity index (χ4n) is 10.4. The molecule has 58 heavy (non-hydrogen) atoms. The molecule has 12 aromatic rings. The van der Waals surface area contributed by atoms with E-state index in [1.54, 1.807) is 0 Å². The van der Waals surface area contributed by atoms with E-state index < -0.39 is 0 Å². The molecule has 0 fully saturated rings. The van der Waals surface area contributed by atoms with E-state index in [-0.39, 0.29) is 5.41 Å². The van der Waals surface area contributed by atoms with Gasteiger partial charge in [-0.15, -0.1) is 0 Å². The zero-order valence-corrected chi connectivity index (χ0v) is 32.1. The van der Waals surface area contributed by atoms with Crippen LogP contribution in [0.3, 0.4) is 0 Å². The van der Waals surface area contributed by atoms with E-state index in [1.165, 1.54) is 86.5 Å². The Kier molecular flexibility index (Phi) is 6.23. The lowest BCUT2D eigenvalue weighted by molar-refractivity contribution is 0.632. The molecule has 0 saturated heterocycles. The molecule has 0 bridgehead atoms. The topological polar surface area (TPSA) is 30.7 Å². The van der Waals surface area contributed by atoms with Gasteiger partial charge in [-0.3, -0.25) is 4.57 Å². The predicted octanol–water partition coefficient (Wildman–Crippen LogP) is 14.5. The zero-order valence-electron chi connectivity index (χ0n) is 32.1. The predicted molar refractivity (Wildman–Crippen MR) is 244 cm³/mol. The summed E-state index contributed by atoms with van der Waals surface area (Å²) in [6.45, 7) is 4.63. The van der Waals surface area contributed by atoms with Crippen LogP contribution in [0.15, 0.2) is 176 Å². The molecule has 0 aliphatic heterocycles. The van der Waals surface area contributed by atoms with Crippen LogP contribution in [0.25, 0.3) is 115 Å². The molecule has 10 aromatic carbocycles. The highest BCUT2D eigenvalue weighted by Gasteiger charge is 2.40. The van der Waals surface area contributed by atoms with Crippen molar-refractivity contribution in [3.8, 4) is 28.3 Å². The molecule has 0 atom stereocenters. The number of aromatic nitrogens is 3. The van der Waals surface area contributed by atoms with E-state index in [1.807, 2.05) is 0 Å². The third-order valence-corrected chi connectivity index (χ3v) is 13.1. The molecule has 3 nitrogen and oxygen atoms in total. The number of benzene rings is 10. The molecule has 0 unspecified atom stereocenters.